The van der Waals surface area contributed by atoms with E-state index in [1.807, 2.05) is 0 Å². The molecular weight excluding hydrogens is 1250 g/mol. The number of nitrogens with zero attached hydrogens (tertiary/aromatic N) is 7. The van der Waals surface area contributed by atoms with E-state index in [0.717, 1.165) is 34.1 Å². The van der Waals surface area contributed by atoms with Crippen LogP contribution in [0.5, 0.6) is 5.75 Å². The first-order valence-electron chi connectivity index (χ1n) is 29.4. The molecule has 0 radical (unpaired) electrons. The number of primary amides is 1. The number of aromatic carboxylic acids is 1. The third-order valence-electron chi connectivity index (χ3n) is 14.0. The highest BCUT2D eigenvalue weighted by molar-refractivity contribution is 6.13. The maximum absolute atomic E-state index is 13.6. The number of benzene rings is 3. The Morgan fingerprint density at radius 3 is 1.99 bits per heavy atom. The fourth-order valence-corrected chi connectivity index (χ4v) is 8.75. The Morgan fingerprint density at radius 1 is 0.684 bits per heavy atom. The molecule has 3 atom stereocenters. The van der Waals surface area contributed by atoms with E-state index in [1.165, 1.54) is 55.5 Å². The maximum Gasteiger partial charge on any atom is 0.415 e. The number of hydrogen-bond acceptors (Lipinski definition) is 23. The van der Waals surface area contributed by atoms with Gasteiger partial charge in [0.25, 0.3) is 23.6 Å². The number of nitrogens with two attached hydrogens (primary N) is 3. The van der Waals surface area contributed by atoms with Gasteiger partial charge in [-0.2, -0.15) is 9.97 Å². The molecule has 0 unspecified atom stereocenters. The van der Waals surface area contributed by atoms with E-state index < -0.39 is 101 Å². The van der Waals surface area contributed by atoms with Gasteiger partial charge in [0, 0.05) is 69.4 Å². The third kappa shape index (κ3) is 22.5. The van der Waals surface area contributed by atoms with Gasteiger partial charge in [-0.05, 0) is 91.8 Å². The molecule has 35 heteroatoms. The molecule has 0 spiro atoms. The highest BCUT2D eigenvalue weighted by atomic mass is 16.6. The summed E-state index contributed by atoms with van der Waals surface area (Å²) in [5, 5.41) is 38.2. The summed E-state index contributed by atoms with van der Waals surface area (Å²) in [6, 6.07) is 11.2. The number of nitrogen functional groups attached to an aromatic ring is 2. The minimum Gasteiger partial charge on any atom is -0.480 e. The van der Waals surface area contributed by atoms with Crippen molar-refractivity contribution in [3.05, 3.63) is 113 Å². The van der Waals surface area contributed by atoms with E-state index in [9.17, 15) is 67.7 Å². The molecule has 2 aromatic heterocycles. The number of alkyl carbamates (subject to hydrolysis) is 1. The van der Waals surface area contributed by atoms with Crippen LogP contribution in [0.3, 0.4) is 0 Å². The van der Waals surface area contributed by atoms with Crippen LogP contribution in [0.25, 0.3) is 11.2 Å². The second kappa shape index (κ2) is 35.1. The van der Waals surface area contributed by atoms with Crippen molar-refractivity contribution >= 4 is 106 Å². The summed E-state index contributed by atoms with van der Waals surface area (Å²) in [6.07, 6.45) is 1.32. The van der Waals surface area contributed by atoms with Crippen LogP contribution in [-0.2, 0) is 51.3 Å². The fraction of sp³-hybridized carbons (Fsp3) is 0.367. The molecule has 95 heavy (non-hydrogen) atoms. The first-order valence-corrected chi connectivity index (χ1v) is 29.4. The second-order valence-electron chi connectivity index (χ2n) is 21.4. The number of ether oxygens (including phenoxy) is 4. The SMILES string of the molecule is CC(C)[C@H](NC(=O)OCCOCCN1C(=O)C=CC1=O)C(=O)N[C@@H](CCCNC(N)=O)C(=O)Nc1ccc(COC(=O)N(C)CCN(C)C(=O)Oc2ccc(C(=O)NCCC[C@H](NC(=O)c3ccc(NCc4cnc5nc(N)nc(N)c5n4)cc3)C(=O)O)c(C(=O)O)c2)cc1. The lowest BCUT2D eigenvalue weighted by Gasteiger charge is -2.25. The topological polar surface area (TPSA) is 506 Å². The van der Waals surface area contributed by atoms with Crippen molar-refractivity contribution in [1.82, 2.24) is 61.2 Å². The molecular formula is C60H73N17O18. The van der Waals surface area contributed by atoms with Crippen LogP contribution in [0, 0.1) is 5.92 Å². The van der Waals surface area contributed by atoms with Gasteiger partial charge in [-0.25, -0.2) is 38.7 Å². The number of likely N-dealkylation sites (N-methyl/N-ethyl adjacent to an activating group) is 2. The van der Waals surface area contributed by atoms with Gasteiger partial charge in [0.2, 0.25) is 17.8 Å². The second-order valence-corrected chi connectivity index (χ2v) is 21.4. The predicted molar refractivity (Wildman–Crippen MR) is 337 cm³/mol. The van der Waals surface area contributed by atoms with Crippen molar-refractivity contribution in [3.8, 4) is 5.75 Å². The van der Waals surface area contributed by atoms with Crippen LogP contribution < -0.4 is 59.2 Å². The number of aliphatic carboxylic acids is 1. The average Bonchev–Trinajstić information content (AvgIpc) is 1.24. The Hall–Kier alpha value is -11.8. The smallest absolute Gasteiger partial charge is 0.415 e. The van der Waals surface area contributed by atoms with Crippen molar-refractivity contribution in [2.75, 3.05) is 88.7 Å². The quantitative estimate of drug-likeness (QED) is 0.0205. The van der Waals surface area contributed by atoms with Gasteiger partial charge in [-0.3, -0.25) is 33.7 Å². The average molecular weight is 1320 g/mol. The van der Waals surface area contributed by atoms with E-state index in [2.05, 4.69) is 57.2 Å². The molecule has 506 valence electrons. The zero-order chi connectivity index (χ0) is 69.3. The van der Waals surface area contributed by atoms with Gasteiger partial charge >= 0.3 is 36.2 Å². The number of fused-ring (bicyclic) bond motifs is 1. The molecule has 0 saturated carbocycles. The summed E-state index contributed by atoms with van der Waals surface area (Å²) in [5.74, 6) is -7.29. The van der Waals surface area contributed by atoms with E-state index >= 15 is 0 Å². The van der Waals surface area contributed by atoms with Crippen molar-refractivity contribution in [3.63, 3.8) is 0 Å². The Kier molecular flexibility index (Phi) is 26.7. The molecule has 3 heterocycles. The molecule has 6 rings (SSSR count). The van der Waals surface area contributed by atoms with Crippen LogP contribution in [0.15, 0.2) is 85.1 Å². The number of carbonyl (C=O) groups excluding carboxylic acids is 10. The first-order chi connectivity index (χ1) is 45.3. The number of amides is 11. The molecule has 5 aromatic rings. The molecule has 3 aromatic carbocycles. The number of carboxylic acid groups (broad SMARTS) is 2. The van der Waals surface area contributed by atoms with Crippen LogP contribution in [0.1, 0.15) is 81.9 Å². The van der Waals surface area contributed by atoms with Crippen molar-refractivity contribution in [1.29, 1.82) is 0 Å². The molecule has 35 nitrogen and oxygen atoms in total. The van der Waals surface area contributed by atoms with Gasteiger partial charge in [0.1, 0.15) is 37.1 Å². The number of carbonyl (C=O) groups is 12. The summed E-state index contributed by atoms with van der Waals surface area (Å²) in [4.78, 5) is 171. The van der Waals surface area contributed by atoms with Crippen LogP contribution >= 0.6 is 0 Å². The number of aromatic nitrogens is 4. The third-order valence-corrected chi connectivity index (χ3v) is 14.0. The van der Waals surface area contributed by atoms with Gasteiger partial charge in [-0.1, -0.05) is 26.0 Å². The zero-order valence-electron chi connectivity index (χ0n) is 52.1. The normalized spacial score (nSPS) is 12.6. The summed E-state index contributed by atoms with van der Waals surface area (Å²) >= 11 is 0. The molecule has 11 amide bonds. The lowest BCUT2D eigenvalue weighted by atomic mass is 10.0. The first kappa shape index (κ1) is 72.3. The Labute approximate surface area is 542 Å². The van der Waals surface area contributed by atoms with E-state index in [1.54, 1.807) is 38.1 Å². The number of imide groups is 1. The Balaban J connectivity index is 0.894. The summed E-state index contributed by atoms with van der Waals surface area (Å²) in [6.45, 7) is 2.91. The maximum atomic E-state index is 13.6. The largest absolute Gasteiger partial charge is 0.480 e. The van der Waals surface area contributed by atoms with Crippen molar-refractivity contribution < 1.29 is 86.7 Å². The minimum absolute atomic E-state index is 0.00133. The number of urea groups is 1. The van der Waals surface area contributed by atoms with Crippen LogP contribution in [0.2, 0.25) is 0 Å². The highest BCUT2D eigenvalue weighted by Gasteiger charge is 2.30. The van der Waals surface area contributed by atoms with Gasteiger partial charge in [0.15, 0.2) is 17.0 Å². The molecule has 1 aliphatic heterocycles. The lowest BCUT2D eigenvalue weighted by molar-refractivity contribution is -0.140. The molecule has 15 N–H and O–H groups in total. The molecule has 1 aliphatic rings. The summed E-state index contributed by atoms with van der Waals surface area (Å²) < 4.78 is 21.3. The van der Waals surface area contributed by atoms with Crippen LogP contribution in [-0.4, -0.2) is 201 Å². The number of hydrogen-bond donors (Lipinski definition) is 12. The minimum atomic E-state index is -1.52. The number of anilines is 4. The fourth-order valence-electron chi connectivity index (χ4n) is 8.75. The standard InChI is InChI=1S/C60H73N17O18/c1-33(2)46(72-58(89)93-28-27-92-26-25-77-44(78)19-20-45(77)79)53(83)70-42(7-5-22-65-57(63)88)52(82)69-37-13-9-34(10-14-37)32-94-59(90)75(3)23-24-76(4)60(91)95-39-17-18-40(41(29-39)54(84)85)51(81)64-21-6-8-43(55(86)87)71-50(80)35-11-15-36(16-12-35)66-30-38-31-67-49-47(68-38)48(61)73-56(62)74-49/h9-20,29,31,33,42-43,46,66H,5-8,21-28,30,32H2,1-4H3,(H,64,81)(H,69,82)(H,70,83)(H,71,80)(H,72,89)(H,84,85)(H,86,87)(H3,63,65,88)(H4,61,62,67,73,74)/t42-,43-,46-/m0/s1. The molecule has 0 aliphatic carbocycles. The van der Waals surface area contributed by atoms with Gasteiger partial charge in [-0.15, -0.1) is 0 Å². The Morgan fingerprint density at radius 2 is 1.34 bits per heavy atom. The Bertz CT molecular complexity index is 3650. The van der Waals surface area contributed by atoms with E-state index in [4.69, 9.17) is 36.1 Å². The van der Waals surface area contributed by atoms with E-state index in [0.29, 0.717) is 22.6 Å². The highest BCUT2D eigenvalue weighted by Crippen LogP contribution is 2.21. The van der Waals surface area contributed by atoms with Crippen molar-refractivity contribution in [2.24, 2.45) is 11.7 Å². The monoisotopic (exact) mass is 1320 g/mol. The number of rotatable bonds is 34. The number of nitrogens with one attached hydrogen (secondary N) is 7. The molecule has 0 fully saturated rings. The number of carboxylic acids is 2. The molecule has 0 saturated heterocycles. The van der Waals surface area contributed by atoms with Gasteiger partial charge < -0.3 is 93.4 Å². The molecule has 0 bridgehead atoms. The lowest BCUT2D eigenvalue weighted by Crippen LogP contribution is -2.54. The summed E-state index contributed by atoms with van der Waals surface area (Å²) in [5.41, 5.74) is 18.5. The van der Waals surface area contributed by atoms with Gasteiger partial charge in [0.05, 0.1) is 49.3 Å². The van der Waals surface area contributed by atoms with Crippen LogP contribution in [0.4, 0.5) is 42.3 Å². The van der Waals surface area contributed by atoms with E-state index in [-0.39, 0.29) is 131 Å². The predicted octanol–water partition coefficient (Wildman–Crippen LogP) is 1.55. The van der Waals surface area contributed by atoms with Crippen molar-refractivity contribution in [2.45, 2.75) is 70.8 Å². The zero-order valence-corrected chi connectivity index (χ0v) is 52.1. The summed E-state index contributed by atoms with van der Waals surface area (Å²) in [7, 11) is 2.78.